The number of nitriles is 1. The summed E-state index contributed by atoms with van der Waals surface area (Å²) in [6.07, 6.45) is 4.93. The highest BCUT2D eigenvalue weighted by Crippen LogP contribution is 2.45. The van der Waals surface area contributed by atoms with Crippen molar-refractivity contribution in [3.8, 4) is 11.8 Å². The van der Waals surface area contributed by atoms with Crippen molar-refractivity contribution in [3.63, 3.8) is 0 Å². The molecule has 2 aliphatic heterocycles. The minimum Gasteiger partial charge on any atom is -0.495 e. The van der Waals surface area contributed by atoms with Crippen molar-refractivity contribution >= 4 is 0 Å². The normalized spacial score (nSPS) is 27.7. The van der Waals surface area contributed by atoms with Gasteiger partial charge in [-0.15, -0.1) is 0 Å². The van der Waals surface area contributed by atoms with Crippen molar-refractivity contribution in [1.29, 1.82) is 5.26 Å². The minimum absolute atomic E-state index is 0.379. The molecular weight excluding hydrogens is 336 g/mol. The van der Waals surface area contributed by atoms with Crippen molar-refractivity contribution < 1.29 is 9.84 Å². The van der Waals surface area contributed by atoms with E-state index in [4.69, 9.17) is 4.74 Å². The number of nitrogens with zero attached hydrogens (tertiary/aromatic N) is 2. The first kappa shape index (κ1) is 18.0. The summed E-state index contributed by atoms with van der Waals surface area (Å²) in [6.45, 7) is 0.947. The Morgan fingerprint density at radius 1 is 1.15 bits per heavy atom. The summed E-state index contributed by atoms with van der Waals surface area (Å²) in [7, 11) is 1.57. The smallest absolute Gasteiger partial charge is 0.136 e. The monoisotopic (exact) mass is 362 g/mol. The molecule has 2 bridgehead atoms. The van der Waals surface area contributed by atoms with Gasteiger partial charge in [-0.2, -0.15) is 5.26 Å². The molecule has 2 atom stereocenters. The van der Waals surface area contributed by atoms with E-state index in [1.54, 1.807) is 13.2 Å². The summed E-state index contributed by atoms with van der Waals surface area (Å²) in [4.78, 5) is 2.59. The lowest BCUT2D eigenvalue weighted by atomic mass is 9.72. The molecule has 0 aromatic heterocycles. The van der Waals surface area contributed by atoms with Crippen LogP contribution in [-0.2, 0) is 12.1 Å². The van der Waals surface area contributed by atoms with Crippen molar-refractivity contribution in [2.24, 2.45) is 0 Å². The van der Waals surface area contributed by atoms with Crippen molar-refractivity contribution in [2.75, 3.05) is 7.11 Å². The van der Waals surface area contributed by atoms with Crippen LogP contribution in [0.5, 0.6) is 5.75 Å². The van der Waals surface area contributed by atoms with E-state index < -0.39 is 5.60 Å². The molecule has 0 amide bonds. The fraction of sp³-hybridized carbons (Fsp3) is 0.435. The van der Waals surface area contributed by atoms with Gasteiger partial charge in [0, 0.05) is 18.6 Å². The van der Waals surface area contributed by atoms with E-state index in [0.717, 1.165) is 37.8 Å². The Morgan fingerprint density at radius 2 is 1.85 bits per heavy atom. The summed E-state index contributed by atoms with van der Waals surface area (Å²) in [5.74, 6) is 0.542. The molecular formula is C23H26N2O2. The van der Waals surface area contributed by atoms with Crippen LogP contribution in [0.2, 0.25) is 0 Å². The molecule has 2 aromatic rings. The standard InChI is InChI=1S/C23H26N2O2/c1-27-22-12-19(11-10-18(22)15-24)23(26)13-20-8-5-9-21(14-23)25(20)16-17-6-3-2-4-7-17/h2-4,6-7,10-12,20-21,26H,5,8-9,13-14,16H2,1H3. The van der Waals surface area contributed by atoms with Crippen LogP contribution in [0.25, 0.3) is 0 Å². The maximum absolute atomic E-state index is 11.6. The van der Waals surface area contributed by atoms with Crippen LogP contribution in [0, 0.1) is 11.3 Å². The van der Waals surface area contributed by atoms with Gasteiger partial charge in [-0.25, -0.2) is 0 Å². The van der Waals surface area contributed by atoms with Gasteiger partial charge in [0.2, 0.25) is 0 Å². The Bertz CT molecular complexity index is 829. The predicted octanol–water partition coefficient (Wildman–Crippen LogP) is 3.97. The zero-order valence-corrected chi connectivity index (χ0v) is 15.8. The number of piperidine rings is 2. The second-order valence-corrected chi connectivity index (χ2v) is 7.86. The second kappa shape index (κ2) is 7.34. The number of fused-ring (bicyclic) bond motifs is 2. The molecule has 0 radical (unpaired) electrons. The first-order valence-corrected chi connectivity index (χ1v) is 9.73. The predicted molar refractivity (Wildman–Crippen MR) is 104 cm³/mol. The molecule has 4 rings (SSSR count). The summed E-state index contributed by atoms with van der Waals surface area (Å²) in [5, 5.41) is 20.8. The summed E-state index contributed by atoms with van der Waals surface area (Å²) in [6, 6.07) is 19.0. The van der Waals surface area contributed by atoms with Gasteiger partial charge >= 0.3 is 0 Å². The van der Waals surface area contributed by atoms with Gasteiger partial charge in [-0.05, 0) is 48.9 Å². The van der Waals surface area contributed by atoms with Crippen molar-refractivity contribution in [3.05, 3.63) is 65.2 Å². The zero-order valence-electron chi connectivity index (χ0n) is 15.8. The molecule has 0 aliphatic carbocycles. The number of aliphatic hydroxyl groups is 1. The number of ether oxygens (including phenoxy) is 1. The van der Waals surface area contributed by atoms with Crippen LogP contribution in [0.3, 0.4) is 0 Å². The molecule has 27 heavy (non-hydrogen) atoms. The first-order valence-electron chi connectivity index (χ1n) is 9.73. The Labute approximate surface area is 161 Å². The van der Waals surface area contributed by atoms with E-state index >= 15 is 0 Å². The molecule has 2 saturated heterocycles. The van der Waals surface area contributed by atoms with Crippen molar-refractivity contribution in [1.82, 2.24) is 4.90 Å². The third kappa shape index (κ3) is 3.45. The fourth-order valence-corrected chi connectivity index (χ4v) is 4.88. The summed E-state index contributed by atoms with van der Waals surface area (Å²) >= 11 is 0. The molecule has 2 fully saturated rings. The lowest BCUT2D eigenvalue weighted by Gasteiger charge is -2.52. The third-order valence-corrected chi connectivity index (χ3v) is 6.23. The third-order valence-electron chi connectivity index (χ3n) is 6.23. The molecule has 2 aliphatic rings. The van der Waals surface area contributed by atoms with E-state index in [-0.39, 0.29) is 0 Å². The molecule has 2 aromatic carbocycles. The highest BCUT2D eigenvalue weighted by Gasteiger charge is 2.46. The Balaban J connectivity index is 1.60. The maximum Gasteiger partial charge on any atom is 0.136 e. The average Bonchev–Trinajstić information content (AvgIpc) is 2.69. The number of hydrogen-bond acceptors (Lipinski definition) is 4. The number of methoxy groups -OCH3 is 1. The second-order valence-electron chi connectivity index (χ2n) is 7.86. The molecule has 1 N–H and O–H groups in total. The van der Waals surface area contributed by atoms with Gasteiger partial charge in [0.25, 0.3) is 0 Å². The molecule has 140 valence electrons. The molecule has 2 unspecified atom stereocenters. The SMILES string of the molecule is COc1cc(C2(O)CC3CCCC(C2)N3Cc2ccccc2)ccc1C#N. The Hall–Kier alpha value is -2.35. The topological polar surface area (TPSA) is 56.5 Å². The van der Waals surface area contributed by atoms with Crippen LogP contribution >= 0.6 is 0 Å². The van der Waals surface area contributed by atoms with Crippen LogP contribution in [0.15, 0.2) is 48.5 Å². The Kier molecular flexibility index (Phi) is 4.90. The van der Waals surface area contributed by atoms with Gasteiger partial charge < -0.3 is 9.84 Å². The molecule has 0 spiro atoms. The largest absolute Gasteiger partial charge is 0.495 e. The summed E-state index contributed by atoms with van der Waals surface area (Å²) < 4.78 is 5.36. The van der Waals surface area contributed by atoms with E-state index in [9.17, 15) is 10.4 Å². The molecule has 4 nitrogen and oxygen atoms in total. The van der Waals surface area contributed by atoms with Crippen LogP contribution in [-0.4, -0.2) is 29.2 Å². The van der Waals surface area contributed by atoms with Crippen LogP contribution < -0.4 is 4.74 Å². The zero-order chi connectivity index (χ0) is 18.9. The lowest BCUT2D eigenvalue weighted by Crippen LogP contribution is -2.56. The molecule has 2 heterocycles. The van der Waals surface area contributed by atoms with Gasteiger partial charge in [0.15, 0.2) is 0 Å². The van der Waals surface area contributed by atoms with E-state index in [0.29, 0.717) is 23.4 Å². The quantitative estimate of drug-likeness (QED) is 0.894. The van der Waals surface area contributed by atoms with Crippen molar-refractivity contribution in [2.45, 2.75) is 56.3 Å². The maximum atomic E-state index is 11.6. The molecule has 4 heteroatoms. The highest BCUT2D eigenvalue weighted by atomic mass is 16.5. The number of rotatable bonds is 4. The minimum atomic E-state index is -0.857. The van der Waals surface area contributed by atoms with Gasteiger partial charge in [-0.1, -0.05) is 42.8 Å². The van der Waals surface area contributed by atoms with Crippen LogP contribution in [0.1, 0.15) is 48.8 Å². The average molecular weight is 362 g/mol. The highest BCUT2D eigenvalue weighted by molar-refractivity contribution is 5.47. The lowest BCUT2D eigenvalue weighted by molar-refractivity contribution is -0.0999. The molecule has 0 saturated carbocycles. The van der Waals surface area contributed by atoms with E-state index in [1.807, 2.05) is 12.1 Å². The first-order chi connectivity index (χ1) is 13.1. The van der Waals surface area contributed by atoms with Gasteiger partial charge in [0.1, 0.15) is 11.8 Å². The van der Waals surface area contributed by atoms with E-state index in [1.165, 1.54) is 12.0 Å². The van der Waals surface area contributed by atoms with Gasteiger partial charge in [0.05, 0.1) is 18.3 Å². The Morgan fingerprint density at radius 3 is 2.48 bits per heavy atom. The van der Waals surface area contributed by atoms with Crippen LogP contribution in [0.4, 0.5) is 0 Å². The fourth-order valence-electron chi connectivity index (χ4n) is 4.88. The summed E-state index contributed by atoms with van der Waals surface area (Å²) in [5.41, 5.74) is 1.85. The number of hydrogen-bond donors (Lipinski definition) is 1. The number of benzene rings is 2. The van der Waals surface area contributed by atoms with E-state index in [2.05, 4.69) is 41.3 Å². The van der Waals surface area contributed by atoms with Gasteiger partial charge in [-0.3, -0.25) is 4.90 Å².